The fraction of sp³-hybridized carbons (Fsp3) is 0.423. The molecule has 0 bridgehead atoms. The standard InChI is InChI=1S/C26H30N8O4S/c1-5-15(3)34-24-19(13-29-22(33-24)20-21(16-7-8-16)30-14-31-25(20)38-4)32-23(26(34)35)28-11-17-9-10-18(12-27-17)39(36,37)6-2/h9-10,12-16H,5-8,11H2,1-4H3,(H,28,32). The van der Waals surface area contributed by atoms with Gasteiger partial charge in [-0.2, -0.15) is 0 Å². The van der Waals surface area contributed by atoms with Crippen LogP contribution in [0.1, 0.15) is 63.4 Å². The topological polar surface area (TPSA) is 155 Å². The van der Waals surface area contributed by atoms with E-state index in [0.717, 1.165) is 18.5 Å². The maximum Gasteiger partial charge on any atom is 0.295 e. The summed E-state index contributed by atoms with van der Waals surface area (Å²) in [5.41, 5.74) is 2.57. The Kier molecular flexibility index (Phi) is 7.25. The Bertz CT molecular complexity index is 1690. The van der Waals surface area contributed by atoms with Gasteiger partial charge in [0.1, 0.15) is 17.4 Å². The zero-order chi connectivity index (χ0) is 27.7. The van der Waals surface area contributed by atoms with Gasteiger partial charge in [0.25, 0.3) is 5.56 Å². The highest BCUT2D eigenvalue weighted by molar-refractivity contribution is 7.91. The fourth-order valence-electron chi connectivity index (χ4n) is 4.28. The molecule has 0 aromatic carbocycles. The summed E-state index contributed by atoms with van der Waals surface area (Å²) in [5, 5.41) is 3.06. The average Bonchev–Trinajstić information content (AvgIpc) is 3.81. The van der Waals surface area contributed by atoms with Crippen molar-refractivity contribution in [3.8, 4) is 17.3 Å². The summed E-state index contributed by atoms with van der Waals surface area (Å²) in [5.74, 6) is 1.21. The summed E-state index contributed by atoms with van der Waals surface area (Å²) in [6.07, 6.45) is 7.15. The molecule has 1 N–H and O–H groups in total. The van der Waals surface area contributed by atoms with E-state index in [1.54, 1.807) is 30.9 Å². The number of anilines is 1. The van der Waals surface area contributed by atoms with Crippen LogP contribution in [0.4, 0.5) is 5.82 Å². The Morgan fingerprint density at radius 3 is 2.54 bits per heavy atom. The highest BCUT2D eigenvalue weighted by atomic mass is 32.2. The van der Waals surface area contributed by atoms with Gasteiger partial charge in [-0.3, -0.25) is 14.3 Å². The molecule has 5 rings (SSSR count). The molecule has 13 heteroatoms. The molecule has 204 valence electrons. The molecule has 4 heterocycles. The lowest BCUT2D eigenvalue weighted by atomic mass is 10.1. The van der Waals surface area contributed by atoms with E-state index < -0.39 is 9.84 Å². The Morgan fingerprint density at radius 1 is 1.10 bits per heavy atom. The first kappa shape index (κ1) is 26.6. The van der Waals surface area contributed by atoms with E-state index in [1.807, 2.05) is 13.8 Å². The molecule has 12 nitrogen and oxygen atoms in total. The van der Waals surface area contributed by atoms with E-state index in [2.05, 4.69) is 30.2 Å². The van der Waals surface area contributed by atoms with Crippen LogP contribution in [0.5, 0.6) is 5.88 Å². The van der Waals surface area contributed by atoms with Crippen molar-refractivity contribution >= 4 is 26.8 Å². The summed E-state index contributed by atoms with van der Waals surface area (Å²) in [6.45, 7) is 5.71. The fourth-order valence-corrected chi connectivity index (χ4v) is 5.10. The zero-order valence-electron chi connectivity index (χ0n) is 22.2. The van der Waals surface area contributed by atoms with E-state index in [0.29, 0.717) is 46.5 Å². The van der Waals surface area contributed by atoms with Gasteiger partial charge in [-0.1, -0.05) is 13.8 Å². The molecule has 0 amide bonds. The molecule has 0 radical (unpaired) electrons. The molecular formula is C26H30N8O4S. The van der Waals surface area contributed by atoms with Crippen molar-refractivity contribution in [2.45, 2.75) is 63.4 Å². The zero-order valence-corrected chi connectivity index (χ0v) is 23.1. The normalized spacial score (nSPS) is 14.4. The molecule has 1 atom stereocenters. The van der Waals surface area contributed by atoms with Crippen LogP contribution in [0, 0.1) is 0 Å². The number of fused-ring (bicyclic) bond motifs is 1. The molecule has 1 unspecified atom stereocenters. The highest BCUT2D eigenvalue weighted by Crippen LogP contribution is 2.44. The van der Waals surface area contributed by atoms with Crippen molar-refractivity contribution in [3.63, 3.8) is 0 Å². The third-order valence-corrected chi connectivity index (χ3v) is 8.58. The summed E-state index contributed by atoms with van der Waals surface area (Å²) < 4.78 is 31.3. The molecule has 4 aromatic rings. The summed E-state index contributed by atoms with van der Waals surface area (Å²) in [7, 11) is -1.80. The second kappa shape index (κ2) is 10.6. The van der Waals surface area contributed by atoms with Gasteiger partial charge in [-0.15, -0.1) is 0 Å². The number of hydrogen-bond acceptors (Lipinski definition) is 11. The largest absolute Gasteiger partial charge is 0.480 e. The van der Waals surface area contributed by atoms with E-state index >= 15 is 0 Å². The van der Waals surface area contributed by atoms with Gasteiger partial charge < -0.3 is 10.1 Å². The van der Waals surface area contributed by atoms with E-state index in [-0.39, 0.29) is 34.6 Å². The van der Waals surface area contributed by atoms with Crippen LogP contribution >= 0.6 is 0 Å². The first-order chi connectivity index (χ1) is 18.8. The van der Waals surface area contributed by atoms with Gasteiger partial charge in [0.05, 0.1) is 41.9 Å². The number of aromatic nitrogens is 7. The molecule has 39 heavy (non-hydrogen) atoms. The van der Waals surface area contributed by atoms with Gasteiger partial charge in [-0.25, -0.2) is 33.3 Å². The minimum absolute atomic E-state index is 0.00179. The molecule has 1 fully saturated rings. The average molecular weight is 551 g/mol. The monoisotopic (exact) mass is 550 g/mol. The van der Waals surface area contributed by atoms with Gasteiger partial charge in [0.15, 0.2) is 27.1 Å². The second-order valence-corrected chi connectivity index (χ2v) is 11.7. The first-order valence-corrected chi connectivity index (χ1v) is 14.5. The molecule has 1 aliphatic rings. The number of nitrogens with one attached hydrogen (secondary N) is 1. The van der Waals surface area contributed by atoms with Crippen LogP contribution < -0.4 is 15.6 Å². The van der Waals surface area contributed by atoms with E-state index in [4.69, 9.17) is 9.72 Å². The van der Waals surface area contributed by atoms with Crippen molar-refractivity contribution in [2.24, 2.45) is 0 Å². The number of methoxy groups -OCH3 is 1. The molecule has 1 aliphatic carbocycles. The number of hydrogen-bond donors (Lipinski definition) is 1. The third kappa shape index (κ3) is 5.18. The Hall–Kier alpha value is -4.00. The van der Waals surface area contributed by atoms with Crippen LogP contribution in [0.3, 0.4) is 0 Å². The molecule has 4 aromatic heterocycles. The number of sulfone groups is 1. The predicted octanol–water partition coefficient (Wildman–Crippen LogP) is 3.30. The molecule has 0 aliphatic heterocycles. The number of pyridine rings is 1. The summed E-state index contributed by atoms with van der Waals surface area (Å²) in [6, 6.07) is 2.96. The van der Waals surface area contributed by atoms with Crippen molar-refractivity contribution in [1.82, 2.24) is 34.5 Å². The molecular weight excluding hydrogens is 520 g/mol. The maximum absolute atomic E-state index is 13.6. The number of ether oxygens (including phenoxy) is 1. The molecule has 1 saturated carbocycles. The van der Waals surface area contributed by atoms with Crippen LogP contribution in [0.15, 0.2) is 40.5 Å². The molecule has 0 saturated heterocycles. The quantitative estimate of drug-likeness (QED) is 0.309. The lowest BCUT2D eigenvalue weighted by Crippen LogP contribution is -2.28. The maximum atomic E-state index is 13.6. The Balaban J connectivity index is 1.54. The van der Waals surface area contributed by atoms with Crippen molar-refractivity contribution in [1.29, 1.82) is 0 Å². The van der Waals surface area contributed by atoms with Crippen molar-refractivity contribution in [3.05, 3.63) is 52.6 Å². The van der Waals surface area contributed by atoms with E-state index in [1.165, 1.54) is 18.6 Å². The van der Waals surface area contributed by atoms with E-state index in [9.17, 15) is 13.2 Å². The lowest BCUT2D eigenvalue weighted by molar-refractivity contribution is 0.397. The van der Waals surface area contributed by atoms with Gasteiger partial charge in [0, 0.05) is 18.2 Å². The number of nitrogens with zero attached hydrogens (tertiary/aromatic N) is 7. The second-order valence-electron chi connectivity index (χ2n) is 9.45. The Morgan fingerprint density at radius 2 is 1.90 bits per heavy atom. The van der Waals surface area contributed by atoms with Gasteiger partial charge in [0.2, 0.25) is 5.88 Å². The smallest absolute Gasteiger partial charge is 0.295 e. The number of rotatable bonds is 10. The minimum atomic E-state index is -3.34. The highest BCUT2D eigenvalue weighted by Gasteiger charge is 2.31. The minimum Gasteiger partial charge on any atom is -0.480 e. The Labute approximate surface area is 225 Å². The summed E-state index contributed by atoms with van der Waals surface area (Å²) in [4.78, 5) is 40.6. The lowest BCUT2D eigenvalue weighted by Gasteiger charge is -2.18. The van der Waals surface area contributed by atoms with Crippen LogP contribution in [-0.2, 0) is 16.4 Å². The predicted molar refractivity (Wildman–Crippen MR) is 145 cm³/mol. The van der Waals surface area contributed by atoms with Crippen molar-refractivity contribution in [2.75, 3.05) is 18.2 Å². The van der Waals surface area contributed by atoms with Crippen LogP contribution in [0.2, 0.25) is 0 Å². The van der Waals surface area contributed by atoms with Crippen LogP contribution in [-0.4, -0.2) is 55.8 Å². The first-order valence-electron chi connectivity index (χ1n) is 12.9. The van der Waals surface area contributed by atoms with Crippen LogP contribution in [0.25, 0.3) is 22.6 Å². The summed E-state index contributed by atoms with van der Waals surface area (Å²) >= 11 is 0. The SMILES string of the molecule is CCC(C)n1c(=O)c(NCc2ccc(S(=O)(=O)CC)cn2)nc2cnc(-c3c(OC)ncnc3C3CC3)nc21. The van der Waals surface area contributed by atoms with Crippen molar-refractivity contribution < 1.29 is 13.2 Å². The molecule has 0 spiro atoms. The third-order valence-electron chi connectivity index (χ3n) is 6.86. The van der Waals surface area contributed by atoms with Gasteiger partial charge in [-0.05, 0) is 38.3 Å². The van der Waals surface area contributed by atoms with Gasteiger partial charge >= 0.3 is 0 Å².